The molecule has 3 heterocycles. The largest absolute Gasteiger partial charge is 0.388 e. The lowest BCUT2D eigenvalue weighted by Gasteiger charge is -2.37. The van der Waals surface area contributed by atoms with E-state index in [1.54, 1.807) is 0 Å². The molecule has 5 aromatic rings. The van der Waals surface area contributed by atoms with Crippen LogP contribution in [0.5, 0.6) is 0 Å². The highest BCUT2D eigenvalue weighted by Crippen LogP contribution is 2.55. The van der Waals surface area contributed by atoms with Gasteiger partial charge in [-0.2, -0.15) is 10.5 Å². The number of nitrogens with one attached hydrogen (secondary N) is 3. The van der Waals surface area contributed by atoms with E-state index in [1.165, 1.54) is 72.8 Å². The maximum Gasteiger partial charge on any atom is 0.356 e. The molecule has 0 radical (unpaired) electrons. The summed E-state index contributed by atoms with van der Waals surface area (Å²) in [5.74, 6) is -9.67. The van der Waals surface area contributed by atoms with Gasteiger partial charge in [-0.3, -0.25) is 10.1 Å². The quantitative estimate of drug-likeness (QED) is 0.0713. The number of carbonyl (C=O) groups is 3. The number of anilines is 1. The number of esters is 2. The first kappa shape index (κ1) is 51.8. The van der Waals surface area contributed by atoms with Crippen LogP contribution in [0.15, 0.2) is 84.9 Å². The van der Waals surface area contributed by atoms with Crippen molar-refractivity contribution in [2.24, 2.45) is 10.8 Å². The Morgan fingerprint density at radius 1 is 0.681 bits per heavy atom. The fourth-order valence-corrected chi connectivity index (χ4v) is 11.5. The van der Waals surface area contributed by atoms with E-state index in [0.717, 1.165) is 12.1 Å². The van der Waals surface area contributed by atoms with Gasteiger partial charge in [-0.25, -0.2) is 27.2 Å². The molecular formula is C51H45Cl4F4N5O4S. The van der Waals surface area contributed by atoms with Crippen molar-refractivity contribution in [2.75, 3.05) is 5.32 Å². The molecule has 69 heavy (non-hydrogen) atoms. The van der Waals surface area contributed by atoms with Gasteiger partial charge in [0.15, 0.2) is 0 Å². The average molecular weight is 1040 g/mol. The SMILES string of the molecule is CC(C)(C)C[C@@H]1N[C@@H](C(=O)Nc2ccc(C(=O)OC(=O)[C@@H]3N[C@@H](CC(C)(C)C)[C@](C#N)(c4ccc(Cl)cc4F)[C@H]3c3cccc(Cl)c3F)s2)[C@H](c2cccc(Cl)c2F)[C@@]1(C#N)c1ccc(Cl)cc1F. The molecular weight excluding hydrogens is 996 g/mol. The van der Waals surface area contributed by atoms with E-state index in [-0.39, 0.29) is 65.1 Å². The van der Waals surface area contributed by atoms with Crippen molar-refractivity contribution in [2.45, 2.75) is 101 Å². The molecule has 2 aliphatic heterocycles. The lowest BCUT2D eigenvalue weighted by atomic mass is 9.62. The fraction of sp³-hybridized carbons (Fsp3) is 0.353. The summed E-state index contributed by atoms with van der Waals surface area (Å²) in [4.78, 5) is 42.7. The highest BCUT2D eigenvalue weighted by Gasteiger charge is 2.63. The van der Waals surface area contributed by atoms with Crippen molar-refractivity contribution in [3.05, 3.63) is 155 Å². The van der Waals surface area contributed by atoms with Crippen LogP contribution in [0, 0.1) is 56.8 Å². The predicted octanol–water partition coefficient (Wildman–Crippen LogP) is 12.6. The Labute approximate surface area is 421 Å². The van der Waals surface area contributed by atoms with E-state index < -0.39 is 98.8 Å². The molecule has 9 nitrogen and oxygen atoms in total. The zero-order valence-corrected chi connectivity index (χ0v) is 41.8. The summed E-state index contributed by atoms with van der Waals surface area (Å²) in [5.41, 5.74) is -5.57. The van der Waals surface area contributed by atoms with Gasteiger partial charge in [0.2, 0.25) is 5.91 Å². The maximum absolute atomic E-state index is 16.2. The number of nitrogens with zero attached hydrogens (tertiary/aromatic N) is 2. The molecule has 2 saturated heterocycles. The predicted molar refractivity (Wildman–Crippen MR) is 259 cm³/mol. The van der Waals surface area contributed by atoms with Gasteiger partial charge in [0.25, 0.3) is 0 Å². The van der Waals surface area contributed by atoms with E-state index >= 15 is 17.6 Å². The Morgan fingerprint density at radius 2 is 1.13 bits per heavy atom. The smallest absolute Gasteiger partial charge is 0.356 e. The average Bonchev–Trinajstić information content (AvgIpc) is 3.95. The third-order valence-electron chi connectivity index (χ3n) is 12.7. The minimum Gasteiger partial charge on any atom is -0.388 e. The van der Waals surface area contributed by atoms with E-state index in [1.807, 2.05) is 41.5 Å². The Kier molecular flexibility index (Phi) is 14.7. The molecule has 1 aromatic heterocycles. The number of rotatable bonds is 10. The summed E-state index contributed by atoms with van der Waals surface area (Å²) in [5, 5.41) is 31.0. The Bertz CT molecular complexity index is 2950. The molecule has 1 amide bonds. The van der Waals surface area contributed by atoms with Gasteiger partial charge < -0.3 is 15.4 Å². The van der Waals surface area contributed by atoms with Crippen molar-refractivity contribution in [3.63, 3.8) is 0 Å². The highest BCUT2D eigenvalue weighted by atomic mass is 35.5. The summed E-state index contributed by atoms with van der Waals surface area (Å²) >= 11 is 25.5. The van der Waals surface area contributed by atoms with Crippen LogP contribution in [-0.4, -0.2) is 42.0 Å². The van der Waals surface area contributed by atoms with E-state index in [0.29, 0.717) is 11.3 Å². The molecule has 0 spiro atoms. The number of amides is 1. The molecule has 0 bridgehead atoms. The van der Waals surface area contributed by atoms with Crippen LogP contribution >= 0.6 is 57.7 Å². The van der Waals surface area contributed by atoms with Crippen molar-refractivity contribution in [1.29, 1.82) is 10.5 Å². The van der Waals surface area contributed by atoms with Crippen LogP contribution in [0.2, 0.25) is 20.1 Å². The van der Waals surface area contributed by atoms with Gasteiger partial charge >= 0.3 is 11.9 Å². The van der Waals surface area contributed by atoms with Crippen LogP contribution in [0.1, 0.15) is 98.1 Å². The maximum atomic E-state index is 16.2. The molecule has 0 saturated carbocycles. The first-order valence-electron chi connectivity index (χ1n) is 21.7. The summed E-state index contributed by atoms with van der Waals surface area (Å²) in [6, 6.07) is 17.8. The zero-order chi connectivity index (χ0) is 50.5. The van der Waals surface area contributed by atoms with Gasteiger partial charge in [0.05, 0.1) is 33.2 Å². The third-order valence-corrected chi connectivity index (χ3v) is 14.7. The molecule has 2 fully saturated rings. The van der Waals surface area contributed by atoms with E-state index in [9.17, 15) is 24.9 Å². The molecule has 360 valence electrons. The van der Waals surface area contributed by atoms with Gasteiger partial charge in [-0.15, -0.1) is 11.3 Å². The van der Waals surface area contributed by atoms with E-state index in [2.05, 4.69) is 28.1 Å². The van der Waals surface area contributed by atoms with Gasteiger partial charge in [0, 0.05) is 45.1 Å². The summed E-state index contributed by atoms with van der Waals surface area (Å²) in [7, 11) is 0. The first-order valence-corrected chi connectivity index (χ1v) is 24.0. The van der Waals surface area contributed by atoms with Crippen molar-refractivity contribution < 1.29 is 36.7 Å². The van der Waals surface area contributed by atoms with Crippen LogP contribution in [-0.2, 0) is 25.2 Å². The molecule has 18 heteroatoms. The lowest BCUT2D eigenvalue weighted by molar-refractivity contribution is -0.140. The van der Waals surface area contributed by atoms with Crippen LogP contribution in [0.3, 0.4) is 0 Å². The number of benzene rings is 4. The highest BCUT2D eigenvalue weighted by molar-refractivity contribution is 7.18. The summed E-state index contributed by atoms with van der Waals surface area (Å²) < 4.78 is 70.1. The second-order valence-electron chi connectivity index (χ2n) is 19.7. The van der Waals surface area contributed by atoms with Crippen LogP contribution in [0.4, 0.5) is 22.6 Å². The Morgan fingerprint density at radius 3 is 1.57 bits per heavy atom. The van der Waals surface area contributed by atoms with Gasteiger partial charge in [-0.05, 0) is 83.3 Å². The second-order valence-corrected chi connectivity index (χ2v) is 22.5. The molecule has 3 N–H and O–H groups in total. The number of hydrogen-bond donors (Lipinski definition) is 3. The zero-order valence-electron chi connectivity index (χ0n) is 37.9. The van der Waals surface area contributed by atoms with Gasteiger partial charge in [-0.1, -0.05) is 124 Å². The topological polar surface area (TPSA) is 144 Å². The molecule has 7 rings (SSSR count). The minimum absolute atomic E-state index is 0.0314. The third kappa shape index (κ3) is 9.87. The molecule has 8 atom stereocenters. The molecule has 2 aliphatic rings. The van der Waals surface area contributed by atoms with Crippen LogP contribution < -0.4 is 16.0 Å². The van der Waals surface area contributed by atoms with Crippen molar-refractivity contribution in [1.82, 2.24) is 10.6 Å². The Balaban J connectivity index is 1.23. The van der Waals surface area contributed by atoms with Gasteiger partial charge in [0.1, 0.15) is 45.0 Å². The number of thiophene rings is 1. The summed E-state index contributed by atoms with van der Waals surface area (Å²) in [6.07, 6.45) is 0.380. The molecule has 0 unspecified atom stereocenters. The van der Waals surface area contributed by atoms with Crippen molar-refractivity contribution >= 4 is 80.6 Å². The number of carbonyl (C=O) groups excluding carboxylic acids is 3. The van der Waals surface area contributed by atoms with Crippen LogP contribution in [0.25, 0.3) is 0 Å². The minimum atomic E-state index is -1.99. The summed E-state index contributed by atoms with van der Waals surface area (Å²) in [6.45, 7) is 11.3. The van der Waals surface area contributed by atoms with Crippen molar-refractivity contribution in [3.8, 4) is 12.1 Å². The van der Waals surface area contributed by atoms with E-state index in [4.69, 9.17) is 51.1 Å². The standard InChI is InChI=1S/C51H45Cl4F4N5O4S/c1-48(2,3)21-36-50(23-60,29-15-13-25(52)19-33(29)56)39(27-9-7-11-31(54)41(27)58)43(62-36)45(65)64-38-18-17-35(69-38)46(66)68-47(67)44-40(28-10-8-12-32(55)42(28)59)51(24-61,37(63-44)22-49(4,5)6)30-16-14-26(53)20-34(30)57/h7-20,36-37,39-40,43-44,62-63H,21-22H2,1-6H3,(H,64,65)/t36-,37-,39-,40-,43+,44+,50-,51-/m0/s1. The lowest BCUT2D eigenvalue weighted by Crippen LogP contribution is -2.44. The fourth-order valence-electron chi connectivity index (χ4n) is 10.0. The monoisotopic (exact) mass is 1040 g/mol. The number of hydrogen-bond acceptors (Lipinski definition) is 9. The number of halogens is 8. The number of ether oxygens (including phenoxy) is 1. The Hall–Kier alpha value is -5.03. The first-order chi connectivity index (χ1) is 32.4. The molecule has 0 aliphatic carbocycles. The normalized spacial score (nSPS) is 24.6. The molecule has 4 aromatic carbocycles. The second kappa shape index (κ2) is 19.6. The number of nitriles is 2.